The highest BCUT2D eigenvalue weighted by Crippen LogP contribution is 2.47. The van der Waals surface area contributed by atoms with Crippen molar-refractivity contribution in [3.63, 3.8) is 0 Å². The molecule has 2 aromatic heterocycles. The Balaban J connectivity index is 1.68. The number of carbonyl (C=O) groups excluding carboxylic acids is 1. The molecule has 0 spiro atoms. The summed E-state index contributed by atoms with van der Waals surface area (Å²) in [6.07, 6.45) is 2.10. The molecule has 3 aliphatic rings. The van der Waals surface area contributed by atoms with Crippen LogP contribution in [0, 0.1) is 16.0 Å². The molecular formula is C18H17Cl4N5O4. The van der Waals surface area contributed by atoms with E-state index in [1.807, 2.05) is 6.92 Å². The Morgan fingerprint density at radius 3 is 2.61 bits per heavy atom. The summed E-state index contributed by atoms with van der Waals surface area (Å²) in [6, 6.07) is -0.409. The molecule has 2 aliphatic heterocycles. The van der Waals surface area contributed by atoms with Crippen molar-refractivity contribution in [2.75, 3.05) is 18.5 Å². The van der Waals surface area contributed by atoms with Crippen molar-refractivity contribution in [1.29, 1.82) is 0 Å². The van der Waals surface area contributed by atoms with Crippen LogP contribution in [0.25, 0.3) is 11.0 Å². The van der Waals surface area contributed by atoms with E-state index >= 15 is 0 Å². The number of aromatic nitrogens is 2. The topological polar surface area (TPSA) is 110 Å². The first-order valence-corrected chi connectivity index (χ1v) is 11.1. The van der Waals surface area contributed by atoms with Crippen molar-refractivity contribution >= 4 is 74.9 Å². The summed E-state index contributed by atoms with van der Waals surface area (Å²) < 4.78 is 5.32. The second-order valence-electron chi connectivity index (χ2n) is 7.46. The molecule has 2 aromatic rings. The van der Waals surface area contributed by atoms with Crippen molar-refractivity contribution in [2.45, 2.75) is 38.3 Å². The van der Waals surface area contributed by atoms with Crippen LogP contribution in [0.1, 0.15) is 26.2 Å². The molecule has 1 N–H and O–H groups in total. The molecule has 1 aliphatic carbocycles. The van der Waals surface area contributed by atoms with Gasteiger partial charge in [0.05, 0.1) is 33.7 Å². The van der Waals surface area contributed by atoms with Gasteiger partial charge in [0, 0.05) is 12.5 Å². The lowest BCUT2D eigenvalue weighted by atomic mass is 9.80. The number of hydrogen-bond donors (Lipinski definition) is 1. The molecule has 166 valence electrons. The van der Waals surface area contributed by atoms with Crippen molar-refractivity contribution in [3.05, 3.63) is 30.5 Å². The number of amides is 1. The van der Waals surface area contributed by atoms with Crippen molar-refractivity contribution in [3.8, 4) is 0 Å². The Morgan fingerprint density at radius 1 is 1.23 bits per heavy atom. The predicted octanol–water partition coefficient (Wildman–Crippen LogP) is 5.57. The highest BCUT2D eigenvalue weighted by Gasteiger charge is 2.55. The number of halogens is 4. The SMILES string of the molecule is CCCCOC(=O)N1CC2CC1C2Nc1c([N+](=O)[O-])c(Cl)nc2c(Cl)c(Cl)c(Cl)nc12. The smallest absolute Gasteiger partial charge is 0.410 e. The molecule has 4 heterocycles. The lowest BCUT2D eigenvalue weighted by Gasteiger charge is -2.37. The molecule has 0 aromatic carbocycles. The first-order chi connectivity index (χ1) is 14.7. The van der Waals surface area contributed by atoms with E-state index in [0.717, 1.165) is 19.3 Å². The molecule has 5 rings (SSSR count). The fourth-order valence-corrected chi connectivity index (χ4v) is 4.87. The highest BCUT2D eigenvalue weighted by molar-refractivity contribution is 6.50. The monoisotopic (exact) mass is 507 g/mol. The third-order valence-electron chi connectivity index (χ3n) is 5.64. The summed E-state index contributed by atoms with van der Waals surface area (Å²) in [7, 11) is 0. The van der Waals surface area contributed by atoms with E-state index in [-0.39, 0.29) is 61.2 Å². The number of hydrogen-bond acceptors (Lipinski definition) is 7. The van der Waals surface area contributed by atoms with Gasteiger partial charge in [-0.3, -0.25) is 10.1 Å². The van der Waals surface area contributed by atoms with Gasteiger partial charge in [-0.25, -0.2) is 14.8 Å². The first-order valence-electron chi connectivity index (χ1n) is 9.62. The van der Waals surface area contributed by atoms with Crippen LogP contribution in [-0.2, 0) is 4.74 Å². The number of pyridine rings is 2. The molecule has 3 unspecified atom stereocenters. The van der Waals surface area contributed by atoms with Crippen molar-refractivity contribution in [1.82, 2.24) is 14.9 Å². The van der Waals surface area contributed by atoms with Crippen LogP contribution in [0.4, 0.5) is 16.2 Å². The number of carbonyl (C=O) groups is 1. The molecule has 3 atom stereocenters. The van der Waals surface area contributed by atoms with Gasteiger partial charge in [0.15, 0.2) is 0 Å². The fraction of sp³-hybridized carbons (Fsp3) is 0.500. The van der Waals surface area contributed by atoms with Gasteiger partial charge in [-0.05, 0) is 12.8 Å². The van der Waals surface area contributed by atoms with E-state index in [9.17, 15) is 14.9 Å². The number of unbranched alkanes of at least 4 members (excludes halogenated alkanes) is 1. The third kappa shape index (κ3) is 3.82. The predicted molar refractivity (Wildman–Crippen MR) is 119 cm³/mol. The second-order valence-corrected chi connectivity index (χ2v) is 8.94. The molecule has 9 nitrogen and oxygen atoms in total. The maximum absolute atomic E-state index is 12.4. The van der Waals surface area contributed by atoms with Gasteiger partial charge in [-0.1, -0.05) is 59.7 Å². The maximum Gasteiger partial charge on any atom is 0.410 e. The minimum Gasteiger partial charge on any atom is -0.449 e. The maximum atomic E-state index is 12.4. The molecule has 0 radical (unpaired) electrons. The minimum absolute atomic E-state index is 0.00535. The summed E-state index contributed by atoms with van der Waals surface area (Å²) >= 11 is 24.5. The van der Waals surface area contributed by atoms with E-state index in [4.69, 9.17) is 51.1 Å². The van der Waals surface area contributed by atoms with E-state index in [2.05, 4.69) is 15.3 Å². The van der Waals surface area contributed by atoms with Gasteiger partial charge in [0.25, 0.3) is 0 Å². The standard InChI is InChI=1S/C18H17Cl4N5O4/c1-2-3-4-31-18(28)26-6-7-5-8(26)11(7)23-14-13-12(9(19)10(20)16(21)25-13)24-17(22)15(14)27(29)30/h7-8,11H,2-6H2,1H3,(H,23,24). The van der Waals surface area contributed by atoms with Crippen LogP contribution in [0.5, 0.6) is 0 Å². The summed E-state index contributed by atoms with van der Waals surface area (Å²) in [5.41, 5.74) is -0.226. The molecule has 1 saturated carbocycles. The number of ether oxygens (including phenoxy) is 1. The Bertz CT molecular complexity index is 1090. The number of rotatable bonds is 6. The number of nitro groups is 1. The summed E-state index contributed by atoms with van der Waals surface area (Å²) in [5, 5.41) is 14.4. The van der Waals surface area contributed by atoms with Crippen LogP contribution < -0.4 is 5.32 Å². The third-order valence-corrected chi connectivity index (χ3v) is 7.11. The number of fused-ring (bicyclic) bond motifs is 2. The van der Waals surface area contributed by atoms with Crippen LogP contribution >= 0.6 is 46.4 Å². The van der Waals surface area contributed by atoms with E-state index in [1.165, 1.54) is 0 Å². The van der Waals surface area contributed by atoms with Crippen molar-refractivity contribution in [2.24, 2.45) is 5.92 Å². The summed E-state index contributed by atoms with van der Waals surface area (Å²) in [6.45, 7) is 2.87. The van der Waals surface area contributed by atoms with Gasteiger partial charge >= 0.3 is 11.8 Å². The van der Waals surface area contributed by atoms with E-state index in [1.54, 1.807) is 4.90 Å². The molecule has 1 amide bonds. The molecule has 13 heteroatoms. The van der Waals surface area contributed by atoms with Gasteiger partial charge in [-0.15, -0.1) is 0 Å². The van der Waals surface area contributed by atoms with Crippen LogP contribution in [0.15, 0.2) is 0 Å². The van der Waals surface area contributed by atoms with Crippen molar-refractivity contribution < 1.29 is 14.5 Å². The molecule has 31 heavy (non-hydrogen) atoms. The average molecular weight is 509 g/mol. The van der Waals surface area contributed by atoms with Gasteiger partial charge < -0.3 is 15.0 Å². The van der Waals surface area contributed by atoms with E-state index in [0.29, 0.717) is 13.2 Å². The lowest BCUT2D eigenvalue weighted by molar-refractivity contribution is -0.384. The van der Waals surface area contributed by atoms with Crippen LogP contribution in [0.3, 0.4) is 0 Å². The molecule has 3 fully saturated rings. The summed E-state index contributed by atoms with van der Waals surface area (Å²) in [4.78, 5) is 33.3. The van der Waals surface area contributed by atoms with Gasteiger partial charge in [-0.2, -0.15) is 0 Å². The van der Waals surface area contributed by atoms with Gasteiger partial charge in [0.2, 0.25) is 5.15 Å². The van der Waals surface area contributed by atoms with Gasteiger partial charge in [0.1, 0.15) is 21.9 Å². The second kappa shape index (κ2) is 8.61. The van der Waals surface area contributed by atoms with E-state index < -0.39 is 10.6 Å². The molecule has 2 saturated heterocycles. The zero-order chi connectivity index (χ0) is 22.4. The normalized spacial score (nSPS) is 21.8. The Kier molecular flexibility index (Phi) is 6.22. The largest absolute Gasteiger partial charge is 0.449 e. The molecule has 2 bridgehead atoms. The summed E-state index contributed by atoms with van der Waals surface area (Å²) in [5.74, 6) is 0.101. The molecular weight excluding hydrogens is 492 g/mol. The zero-order valence-electron chi connectivity index (χ0n) is 16.2. The number of nitrogens with zero attached hydrogens (tertiary/aromatic N) is 4. The lowest BCUT2D eigenvalue weighted by Crippen LogP contribution is -2.50. The minimum atomic E-state index is -0.646. The average Bonchev–Trinajstić information content (AvgIpc) is 3.31. The highest BCUT2D eigenvalue weighted by atomic mass is 35.5. The number of anilines is 1. The first kappa shape index (κ1) is 22.4. The van der Waals surface area contributed by atoms with Crippen LogP contribution in [0.2, 0.25) is 20.4 Å². The van der Waals surface area contributed by atoms with Crippen LogP contribution in [-0.4, -0.2) is 51.1 Å². The Morgan fingerprint density at radius 2 is 1.94 bits per heavy atom. The Labute approximate surface area is 197 Å². The number of nitrogens with one attached hydrogen (secondary N) is 1. The fourth-order valence-electron chi connectivity index (χ4n) is 4.04. The quantitative estimate of drug-likeness (QED) is 0.235. The Hall–Kier alpha value is -1.81. The zero-order valence-corrected chi connectivity index (χ0v) is 19.2.